The number of rotatable bonds is 6. The lowest BCUT2D eigenvalue weighted by Crippen LogP contribution is -2.44. The maximum atomic E-state index is 12.5. The molecule has 0 saturated carbocycles. The van der Waals surface area contributed by atoms with Gasteiger partial charge in [-0.15, -0.1) is 0 Å². The van der Waals surface area contributed by atoms with E-state index in [1.807, 2.05) is 18.2 Å². The molecule has 1 heterocycles. The van der Waals surface area contributed by atoms with Crippen LogP contribution in [-0.2, 0) is 11.2 Å². The van der Waals surface area contributed by atoms with Gasteiger partial charge in [-0.25, -0.2) is 0 Å². The summed E-state index contributed by atoms with van der Waals surface area (Å²) in [7, 11) is 0. The molecule has 1 unspecified atom stereocenters. The molecule has 1 amide bonds. The minimum atomic E-state index is -0.247. The maximum absolute atomic E-state index is 12.5. The van der Waals surface area contributed by atoms with Crippen LogP contribution in [0.4, 0.5) is 0 Å². The molecular formula is C17H26N2O2. The van der Waals surface area contributed by atoms with E-state index in [2.05, 4.69) is 30.5 Å². The van der Waals surface area contributed by atoms with Gasteiger partial charge in [0.15, 0.2) is 0 Å². The molecular weight excluding hydrogens is 264 g/mol. The topological polar surface area (TPSA) is 61.4 Å². The molecule has 0 aromatic heterocycles. The second kappa shape index (κ2) is 7.05. The van der Waals surface area contributed by atoms with E-state index in [4.69, 9.17) is 5.11 Å². The Balaban J connectivity index is 1.96. The summed E-state index contributed by atoms with van der Waals surface area (Å²) in [6.07, 6.45) is 2.65. The zero-order valence-corrected chi connectivity index (χ0v) is 13.0. The first kappa shape index (κ1) is 16.0. The second-order valence-electron chi connectivity index (χ2n) is 6.55. The summed E-state index contributed by atoms with van der Waals surface area (Å²) in [5.41, 5.74) is 2.36. The van der Waals surface area contributed by atoms with Crippen molar-refractivity contribution in [1.29, 1.82) is 0 Å². The summed E-state index contributed by atoms with van der Waals surface area (Å²) < 4.78 is 0. The maximum Gasteiger partial charge on any atom is 0.241 e. The third kappa shape index (κ3) is 4.29. The molecule has 4 nitrogen and oxygen atoms in total. The van der Waals surface area contributed by atoms with E-state index < -0.39 is 0 Å². The Hall–Kier alpha value is -1.39. The van der Waals surface area contributed by atoms with E-state index in [-0.39, 0.29) is 24.0 Å². The normalized spacial score (nSPS) is 18.1. The number of hydrogen-bond donors (Lipinski definition) is 3. The number of aliphatic hydroxyl groups is 1. The van der Waals surface area contributed by atoms with Crippen LogP contribution >= 0.6 is 0 Å². The average molecular weight is 290 g/mol. The van der Waals surface area contributed by atoms with Crippen molar-refractivity contribution >= 4 is 5.91 Å². The molecule has 0 bridgehead atoms. The number of carbonyl (C=O) groups is 1. The highest BCUT2D eigenvalue weighted by atomic mass is 16.2. The van der Waals surface area contributed by atoms with Crippen LogP contribution in [0.5, 0.6) is 0 Å². The Bertz CT molecular complexity index is 485. The lowest BCUT2D eigenvalue weighted by atomic mass is 9.87. The first-order chi connectivity index (χ1) is 10.0. The minimum Gasteiger partial charge on any atom is -0.396 e. The van der Waals surface area contributed by atoms with Crippen molar-refractivity contribution in [3.05, 3.63) is 35.4 Å². The standard InChI is InChI=1S/C17H26N2O2/c1-17(2,9-5-11-20)12-19-16(21)15-14-7-4-3-6-13(14)8-10-18-15/h3-4,6-7,15,18,20H,5,8-12H2,1-2H3,(H,19,21). The third-order valence-corrected chi connectivity index (χ3v) is 4.12. The van der Waals surface area contributed by atoms with Gasteiger partial charge in [0.25, 0.3) is 0 Å². The summed E-state index contributed by atoms with van der Waals surface area (Å²) in [4.78, 5) is 12.5. The quantitative estimate of drug-likeness (QED) is 0.748. The van der Waals surface area contributed by atoms with Crippen LogP contribution in [0, 0.1) is 5.41 Å². The van der Waals surface area contributed by atoms with Gasteiger partial charge in [0, 0.05) is 19.7 Å². The molecule has 1 atom stereocenters. The fourth-order valence-electron chi connectivity index (χ4n) is 2.81. The molecule has 4 heteroatoms. The molecule has 0 saturated heterocycles. The molecule has 1 aromatic carbocycles. The van der Waals surface area contributed by atoms with Crippen molar-refractivity contribution in [2.45, 2.75) is 39.2 Å². The Morgan fingerprint density at radius 2 is 2.19 bits per heavy atom. The number of fused-ring (bicyclic) bond motifs is 1. The van der Waals surface area contributed by atoms with Crippen LogP contribution in [0.25, 0.3) is 0 Å². The van der Waals surface area contributed by atoms with Gasteiger partial charge in [0.2, 0.25) is 5.91 Å². The molecule has 21 heavy (non-hydrogen) atoms. The van der Waals surface area contributed by atoms with E-state index >= 15 is 0 Å². The molecule has 0 radical (unpaired) electrons. The molecule has 1 aromatic rings. The highest BCUT2D eigenvalue weighted by Crippen LogP contribution is 2.24. The molecule has 0 spiro atoms. The van der Waals surface area contributed by atoms with Gasteiger partial charge >= 0.3 is 0 Å². The van der Waals surface area contributed by atoms with Crippen LogP contribution in [0.3, 0.4) is 0 Å². The van der Waals surface area contributed by atoms with Crippen molar-refractivity contribution in [3.63, 3.8) is 0 Å². The molecule has 116 valence electrons. The smallest absolute Gasteiger partial charge is 0.241 e. The predicted octanol–water partition coefficient (Wildman–Crippen LogP) is 1.79. The monoisotopic (exact) mass is 290 g/mol. The van der Waals surface area contributed by atoms with Crippen LogP contribution in [0.1, 0.15) is 43.9 Å². The van der Waals surface area contributed by atoms with Gasteiger partial charge in [0.05, 0.1) is 0 Å². The fraction of sp³-hybridized carbons (Fsp3) is 0.588. The second-order valence-corrected chi connectivity index (χ2v) is 6.55. The first-order valence-corrected chi connectivity index (χ1v) is 7.73. The highest BCUT2D eigenvalue weighted by Gasteiger charge is 2.27. The van der Waals surface area contributed by atoms with Crippen molar-refractivity contribution in [2.24, 2.45) is 5.41 Å². The van der Waals surface area contributed by atoms with E-state index in [1.165, 1.54) is 5.56 Å². The Morgan fingerprint density at radius 3 is 2.95 bits per heavy atom. The number of aliphatic hydroxyl groups excluding tert-OH is 1. The van der Waals surface area contributed by atoms with Crippen LogP contribution < -0.4 is 10.6 Å². The average Bonchev–Trinajstić information content (AvgIpc) is 2.50. The summed E-state index contributed by atoms with van der Waals surface area (Å²) in [5, 5.41) is 15.3. The number of carbonyl (C=O) groups excluding carboxylic acids is 1. The lowest BCUT2D eigenvalue weighted by molar-refractivity contribution is -0.123. The lowest BCUT2D eigenvalue weighted by Gasteiger charge is -2.29. The van der Waals surface area contributed by atoms with E-state index in [0.29, 0.717) is 6.54 Å². The van der Waals surface area contributed by atoms with Gasteiger partial charge in [0.1, 0.15) is 6.04 Å². The van der Waals surface area contributed by atoms with E-state index in [0.717, 1.165) is 31.4 Å². The van der Waals surface area contributed by atoms with Crippen molar-refractivity contribution in [1.82, 2.24) is 10.6 Å². The zero-order chi connectivity index (χ0) is 15.3. The Kier molecular flexibility index (Phi) is 5.37. The van der Waals surface area contributed by atoms with Gasteiger partial charge < -0.3 is 15.7 Å². The van der Waals surface area contributed by atoms with Crippen LogP contribution in [0.15, 0.2) is 24.3 Å². The molecule has 0 aliphatic carbocycles. The number of nitrogens with one attached hydrogen (secondary N) is 2. The molecule has 3 N–H and O–H groups in total. The van der Waals surface area contributed by atoms with Crippen molar-refractivity contribution in [3.8, 4) is 0 Å². The molecule has 1 aliphatic rings. The fourth-order valence-corrected chi connectivity index (χ4v) is 2.81. The minimum absolute atomic E-state index is 0.00652. The van der Waals surface area contributed by atoms with E-state index in [1.54, 1.807) is 0 Å². The molecule has 1 aliphatic heterocycles. The number of hydrogen-bond acceptors (Lipinski definition) is 3. The van der Waals surface area contributed by atoms with E-state index in [9.17, 15) is 4.79 Å². The highest BCUT2D eigenvalue weighted by molar-refractivity contribution is 5.84. The molecule has 2 rings (SSSR count). The number of benzene rings is 1. The van der Waals surface area contributed by atoms with Gasteiger partial charge in [-0.1, -0.05) is 38.1 Å². The number of amides is 1. The third-order valence-electron chi connectivity index (χ3n) is 4.12. The largest absolute Gasteiger partial charge is 0.396 e. The summed E-state index contributed by atoms with van der Waals surface area (Å²) in [5.74, 6) is 0.0409. The first-order valence-electron chi connectivity index (χ1n) is 7.73. The van der Waals surface area contributed by atoms with Crippen LogP contribution in [-0.4, -0.2) is 30.7 Å². The van der Waals surface area contributed by atoms with Crippen molar-refractivity contribution in [2.75, 3.05) is 19.7 Å². The van der Waals surface area contributed by atoms with Gasteiger partial charge in [-0.2, -0.15) is 0 Å². The Morgan fingerprint density at radius 1 is 1.43 bits per heavy atom. The van der Waals surface area contributed by atoms with Gasteiger partial charge in [-0.3, -0.25) is 4.79 Å². The summed E-state index contributed by atoms with van der Waals surface area (Å²) >= 11 is 0. The van der Waals surface area contributed by atoms with Crippen molar-refractivity contribution < 1.29 is 9.90 Å². The SMILES string of the molecule is CC(C)(CCCO)CNC(=O)C1NCCc2ccccc21. The summed E-state index contributed by atoms with van der Waals surface area (Å²) in [6, 6.07) is 7.89. The van der Waals surface area contributed by atoms with Gasteiger partial charge in [-0.05, 0) is 35.8 Å². The predicted molar refractivity (Wildman–Crippen MR) is 84.0 cm³/mol. The zero-order valence-electron chi connectivity index (χ0n) is 13.0. The summed E-state index contributed by atoms with van der Waals surface area (Å²) in [6.45, 7) is 5.90. The van der Waals surface area contributed by atoms with Crippen LogP contribution in [0.2, 0.25) is 0 Å². The Labute approximate surface area is 126 Å². The molecule has 0 fully saturated rings.